The molecule has 144 valence electrons. The van der Waals surface area contributed by atoms with E-state index in [-0.39, 0.29) is 23.6 Å². The zero-order valence-electron chi connectivity index (χ0n) is 14.9. The fourth-order valence-corrected chi connectivity index (χ4v) is 3.87. The lowest BCUT2D eigenvalue weighted by Crippen LogP contribution is -3.06. The van der Waals surface area contributed by atoms with Crippen LogP contribution in [0.2, 0.25) is 0 Å². The molecule has 2 amide bonds. The van der Waals surface area contributed by atoms with Crippen LogP contribution in [-0.2, 0) is 15.8 Å². The second kappa shape index (κ2) is 8.30. The van der Waals surface area contributed by atoms with Gasteiger partial charge in [0, 0.05) is 0 Å². The van der Waals surface area contributed by atoms with Crippen LogP contribution in [0.4, 0.5) is 13.2 Å². The summed E-state index contributed by atoms with van der Waals surface area (Å²) in [5, 5.41) is 1.95. The molecular formula is C17H23F3N3O2S+. The van der Waals surface area contributed by atoms with Gasteiger partial charge in [-0.1, -0.05) is 12.1 Å². The third-order valence-corrected chi connectivity index (χ3v) is 5.43. The molecular weight excluding hydrogens is 367 g/mol. The summed E-state index contributed by atoms with van der Waals surface area (Å²) in [7, 11) is 3.93. The number of rotatable bonds is 6. The number of alkyl halides is 3. The molecule has 0 saturated carbocycles. The summed E-state index contributed by atoms with van der Waals surface area (Å²) >= 11 is 1.33. The molecule has 0 radical (unpaired) electrons. The van der Waals surface area contributed by atoms with E-state index in [2.05, 4.69) is 5.32 Å². The van der Waals surface area contributed by atoms with E-state index in [1.54, 1.807) is 6.92 Å². The Kier molecular flexibility index (Phi) is 6.57. The van der Waals surface area contributed by atoms with E-state index in [1.165, 1.54) is 33.7 Å². The molecule has 1 aliphatic heterocycles. The van der Waals surface area contributed by atoms with Crippen molar-refractivity contribution >= 4 is 23.6 Å². The summed E-state index contributed by atoms with van der Waals surface area (Å²) in [6.45, 7) is 2.88. The first-order chi connectivity index (χ1) is 12.1. The molecule has 1 aromatic rings. The Hall–Kier alpha value is -1.74. The summed E-state index contributed by atoms with van der Waals surface area (Å²) in [6.07, 6.45) is -4.40. The normalized spacial score (nSPS) is 20.7. The number of nitrogens with one attached hydrogen (secondary N) is 2. The number of hydrogen-bond donors (Lipinski definition) is 2. The fraction of sp³-hybridized carbons (Fsp3) is 0.529. The average molecular weight is 390 g/mol. The van der Waals surface area contributed by atoms with Gasteiger partial charge in [-0.3, -0.25) is 9.59 Å². The topological polar surface area (TPSA) is 53.9 Å². The van der Waals surface area contributed by atoms with Gasteiger partial charge in [0.25, 0.3) is 0 Å². The molecule has 1 saturated heterocycles. The fourth-order valence-electron chi connectivity index (χ4n) is 2.59. The highest BCUT2D eigenvalue weighted by atomic mass is 32.2. The summed E-state index contributed by atoms with van der Waals surface area (Å²) in [5.41, 5.74) is -0.162. The smallest absolute Gasteiger partial charge is 0.349 e. The molecule has 1 heterocycles. The quantitative estimate of drug-likeness (QED) is 0.760. The van der Waals surface area contributed by atoms with Crippen molar-refractivity contribution in [2.24, 2.45) is 0 Å². The predicted molar refractivity (Wildman–Crippen MR) is 93.6 cm³/mol. The van der Waals surface area contributed by atoms with Crippen LogP contribution < -0.4 is 10.2 Å². The van der Waals surface area contributed by atoms with Gasteiger partial charge >= 0.3 is 6.18 Å². The second-order valence-corrected chi connectivity index (χ2v) is 7.95. The number of halogens is 3. The molecule has 0 unspecified atom stereocenters. The highest BCUT2D eigenvalue weighted by Gasteiger charge is 2.39. The number of carbonyl (C=O) groups is 2. The van der Waals surface area contributed by atoms with Crippen LogP contribution in [0.1, 0.15) is 23.4 Å². The number of thioether (sulfide) groups is 1. The molecule has 0 spiro atoms. The van der Waals surface area contributed by atoms with Crippen molar-refractivity contribution in [2.75, 3.05) is 33.7 Å². The number of carbonyl (C=O) groups excluding carboxylic acids is 2. The number of hydrogen-bond acceptors (Lipinski definition) is 3. The van der Waals surface area contributed by atoms with E-state index >= 15 is 0 Å². The maximum atomic E-state index is 12.7. The van der Waals surface area contributed by atoms with E-state index in [4.69, 9.17) is 0 Å². The van der Waals surface area contributed by atoms with Gasteiger partial charge in [-0.2, -0.15) is 13.2 Å². The molecule has 5 nitrogen and oxygen atoms in total. The van der Waals surface area contributed by atoms with Gasteiger partial charge in [0.2, 0.25) is 11.8 Å². The number of nitrogens with zero attached hydrogens (tertiary/aromatic N) is 1. The van der Waals surface area contributed by atoms with E-state index in [0.29, 0.717) is 12.1 Å². The first kappa shape index (κ1) is 20.6. The van der Waals surface area contributed by atoms with E-state index in [1.807, 2.05) is 14.1 Å². The van der Waals surface area contributed by atoms with E-state index < -0.39 is 17.1 Å². The van der Waals surface area contributed by atoms with Crippen molar-refractivity contribution in [3.63, 3.8) is 0 Å². The zero-order chi connectivity index (χ0) is 19.5. The van der Waals surface area contributed by atoms with Crippen LogP contribution in [0.15, 0.2) is 24.3 Å². The van der Waals surface area contributed by atoms with Crippen LogP contribution in [0, 0.1) is 0 Å². The minimum Gasteiger partial charge on any atom is -0.349 e. The number of benzene rings is 1. The Morgan fingerprint density at radius 2 is 1.88 bits per heavy atom. The average Bonchev–Trinajstić information content (AvgIpc) is 2.82. The Labute approximate surface area is 154 Å². The third kappa shape index (κ3) is 5.14. The van der Waals surface area contributed by atoms with Gasteiger partial charge in [-0.25, -0.2) is 0 Å². The highest BCUT2D eigenvalue weighted by molar-refractivity contribution is 8.01. The number of quaternary nitrogens is 1. The van der Waals surface area contributed by atoms with Crippen LogP contribution in [0.5, 0.6) is 0 Å². The second-order valence-electron chi connectivity index (χ2n) is 6.52. The Bertz CT molecular complexity index is 650. The van der Waals surface area contributed by atoms with Crippen molar-refractivity contribution in [1.82, 2.24) is 10.2 Å². The van der Waals surface area contributed by atoms with Crippen molar-refractivity contribution in [3.8, 4) is 0 Å². The van der Waals surface area contributed by atoms with Crippen LogP contribution in [-0.4, -0.2) is 55.7 Å². The van der Waals surface area contributed by atoms with Crippen molar-refractivity contribution < 1.29 is 27.7 Å². The molecule has 1 fully saturated rings. The summed E-state index contributed by atoms with van der Waals surface area (Å²) in [4.78, 5) is 27.1. The standard InChI is InChI=1S/C17H22F3N3O2S/c1-11-15(25)23(10-14(24)21-8-9-22(2)3)16(26-11)12-4-6-13(7-5-12)17(18,19)20/h4-7,11,16H,8-10H2,1-3H3,(H,21,24)/p+1/t11-,16+/m1/s1. The largest absolute Gasteiger partial charge is 0.416 e. The summed E-state index contributed by atoms with van der Waals surface area (Å²) in [5.74, 6) is -0.459. The Balaban J connectivity index is 2.08. The van der Waals surface area contributed by atoms with Gasteiger partial charge in [-0.15, -0.1) is 11.8 Å². The van der Waals surface area contributed by atoms with Gasteiger partial charge in [0.05, 0.1) is 38.0 Å². The molecule has 1 aliphatic rings. The number of amides is 2. The van der Waals surface area contributed by atoms with Crippen molar-refractivity contribution in [3.05, 3.63) is 35.4 Å². The van der Waals surface area contributed by atoms with Gasteiger partial charge < -0.3 is 15.1 Å². The number of likely N-dealkylation sites (N-methyl/N-ethyl adjacent to an activating group) is 1. The van der Waals surface area contributed by atoms with Gasteiger partial charge in [0.1, 0.15) is 11.9 Å². The summed E-state index contributed by atoms with van der Waals surface area (Å²) < 4.78 is 38.2. The minimum atomic E-state index is -4.40. The lowest BCUT2D eigenvalue weighted by Gasteiger charge is -2.24. The maximum Gasteiger partial charge on any atom is 0.416 e. The molecule has 0 aliphatic carbocycles. The first-order valence-electron chi connectivity index (χ1n) is 8.28. The molecule has 0 aromatic heterocycles. The molecule has 0 bridgehead atoms. The van der Waals surface area contributed by atoms with E-state index in [9.17, 15) is 22.8 Å². The zero-order valence-corrected chi connectivity index (χ0v) is 15.7. The molecule has 2 atom stereocenters. The lowest BCUT2D eigenvalue weighted by atomic mass is 10.1. The molecule has 26 heavy (non-hydrogen) atoms. The molecule has 2 rings (SSSR count). The molecule has 1 aromatic carbocycles. The maximum absolute atomic E-state index is 12.7. The van der Waals surface area contributed by atoms with Crippen LogP contribution >= 0.6 is 11.8 Å². The monoisotopic (exact) mass is 390 g/mol. The van der Waals surface area contributed by atoms with Gasteiger partial charge in [-0.05, 0) is 24.6 Å². The highest BCUT2D eigenvalue weighted by Crippen LogP contribution is 2.43. The Morgan fingerprint density at radius 1 is 1.27 bits per heavy atom. The molecule has 9 heteroatoms. The van der Waals surface area contributed by atoms with Crippen LogP contribution in [0.3, 0.4) is 0 Å². The van der Waals surface area contributed by atoms with Crippen molar-refractivity contribution in [1.29, 1.82) is 0 Å². The van der Waals surface area contributed by atoms with Crippen LogP contribution in [0.25, 0.3) is 0 Å². The third-order valence-electron chi connectivity index (χ3n) is 4.03. The molecule has 2 N–H and O–H groups in total. The predicted octanol–water partition coefficient (Wildman–Crippen LogP) is 0.929. The lowest BCUT2D eigenvalue weighted by molar-refractivity contribution is -0.856. The summed E-state index contributed by atoms with van der Waals surface area (Å²) in [6, 6.07) is 4.74. The minimum absolute atomic E-state index is 0.107. The van der Waals surface area contributed by atoms with Crippen molar-refractivity contribution in [2.45, 2.75) is 23.7 Å². The Morgan fingerprint density at radius 3 is 2.42 bits per heavy atom. The SMILES string of the molecule is C[C@H]1S[C@@H](c2ccc(C(F)(F)F)cc2)N(CC(=O)NCC[NH+](C)C)C1=O. The first-order valence-corrected chi connectivity index (χ1v) is 9.22. The van der Waals surface area contributed by atoms with Gasteiger partial charge in [0.15, 0.2) is 0 Å². The van der Waals surface area contributed by atoms with E-state index in [0.717, 1.165) is 18.7 Å².